The van der Waals surface area contributed by atoms with Gasteiger partial charge in [0.15, 0.2) is 0 Å². The first-order valence-corrected chi connectivity index (χ1v) is 5.32. The van der Waals surface area contributed by atoms with Gasteiger partial charge in [-0.15, -0.1) is 0 Å². The van der Waals surface area contributed by atoms with Gasteiger partial charge in [-0.1, -0.05) is 12.1 Å². The van der Waals surface area contributed by atoms with Crippen LogP contribution in [0.15, 0.2) is 24.3 Å². The van der Waals surface area contributed by atoms with Crippen molar-refractivity contribution in [1.29, 1.82) is 0 Å². The van der Waals surface area contributed by atoms with E-state index in [0.717, 1.165) is 5.56 Å². The Balaban J connectivity index is 2.74. The molecule has 1 rings (SSSR count). The molecule has 0 bridgehead atoms. The molecule has 1 amide bonds. The summed E-state index contributed by atoms with van der Waals surface area (Å²) in [6.45, 7) is -0.691. The number of benzene rings is 1. The van der Waals surface area contributed by atoms with Gasteiger partial charge in [-0.25, -0.2) is 4.79 Å². The maximum atomic E-state index is 11.5. The Morgan fingerprint density at radius 2 is 1.94 bits per heavy atom. The van der Waals surface area contributed by atoms with Crippen molar-refractivity contribution < 1.29 is 24.5 Å². The zero-order chi connectivity index (χ0) is 13.5. The molecule has 98 valence electrons. The van der Waals surface area contributed by atoms with Crippen molar-refractivity contribution in [2.75, 3.05) is 13.7 Å². The molecule has 0 saturated carbocycles. The lowest BCUT2D eigenvalue weighted by Crippen LogP contribution is -2.44. The number of esters is 1. The van der Waals surface area contributed by atoms with E-state index in [1.54, 1.807) is 12.1 Å². The lowest BCUT2D eigenvalue weighted by molar-refractivity contribution is -0.145. The van der Waals surface area contributed by atoms with Gasteiger partial charge in [-0.05, 0) is 17.7 Å². The molecular formula is C12H15NO5. The highest BCUT2D eigenvalue weighted by atomic mass is 16.5. The van der Waals surface area contributed by atoms with Crippen LogP contribution >= 0.6 is 0 Å². The first-order chi connectivity index (χ1) is 8.56. The fraction of sp³-hybridized carbons (Fsp3) is 0.333. The Kier molecular flexibility index (Phi) is 5.13. The van der Waals surface area contributed by atoms with Gasteiger partial charge < -0.3 is 20.3 Å². The number of phenolic OH excluding ortho intramolecular Hbond substituents is 1. The normalized spacial score (nSPS) is 11.7. The number of hydrogen-bond donors (Lipinski definition) is 3. The molecule has 1 aromatic carbocycles. The molecule has 0 aliphatic heterocycles. The lowest BCUT2D eigenvalue weighted by Gasteiger charge is -2.15. The van der Waals surface area contributed by atoms with Gasteiger partial charge in [0.05, 0.1) is 7.11 Å². The number of nitrogens with one attached hydrogen (secondary N) is 1. The number of methoxy groups -OCH3 is 1. The Hall–Kier alpha value is -2.08. The van der Waals surface area contributed by atoms with E-state index < -0.39 is 24.5 Å². The number of hydrogen-bond acceptors (Lipinski definition) is 5. The Labute approximate surface area is 104 Å². The van der Waals surface area contributed by atoms with Gasteiger partial charge in [0, 0.05) is 6.42 Å². The van der Waals surface area contributed by atoms with E-state index in [1.807, 2.05) is 0 Å². The molecule has 0 saturated heterocycles. The van der Waals surface area contributed by atoms with Crippen molar-refractivity contribution in [3.63, 3.8) is 0 Å². The van der Waals surface area contributed by atoms with E-state index in [2.05, 4.69) is 10.1 Å². The third-order valence-corrected chi connectivity index (χ3v) is 2.34. The highest BCUT2D eigenvalue weighted by Gasteiger charge is 2.21. The molecule has 0 radical (unpaired) electrons. The van der Waals surface area contributed by atoms with Crippen LogP contribution in [-0.2, 0) is 20.7 Å². The maximum absolute atomic E-state index is 11.5. The van der Waals surface area contributed by atoms with Crippen LogP contribution in [0, 0.1) is 0 Å². The summed E-state index contributed by atoms with van der Waals surface area (Å²) < 4.78 is 4.57. The van der Waals surface area contributed by atoms with Gasteiger partial charge in [-0.3, -0.25) is 4.79 Å². The van der Waals surface area contributed by atoms with Crippen molar-refractivity contribution in [3.8, 4) is 5.75 Å². The SMILES string of the molecule is COC(=O)C(Cc1ccc(O)cc1)NC(=O)CO. The second-order valence-corrected chi connectivity index (χ2v) is 3.67. The van der Waals surface area contributed by atoms with E-state index in [1.165, 1.54) is 19.2 Å². The van der Waals surface area contributed by atoms with E-state index in [0.29, 0.717) is 0 Å². The largest absolute Gasteiger partial charge is 0.508 e. The van der Waals surface area contributed by atoms with Crippen LogP contribution < -0.4 is 5.32 Å². The summed E-state index contributed by atoms with van der Waals surface area (Å²) in [5.41, 5.74) is 0.751. The summed E-state index contributed by atoms with van der Waals surface area (Å²) in [5.74, 6) is -1.12. The van der Waals surface area contributed by atoms with Gasteiger partial charge >= 0.3 is 5.97 Å². The summed E-state index contributed by atoms with van der Waals surface area (Å²) in [4.78, 5) is 22.5. The van der Waals surface area contributed by atoms with Crippen LogP contribution in [0.3, 0.4) is 0 Å². The fourth-order valence-electron chi connectivity index (χ4n) is 1.44. The van der Waals surface area contributed by atoms with Crippen LogP contribution in [0.4, 0.5) is 0 Å². The zero-order valence-corrected chi connectivity index (χ0v) is 9.92. The summed E-state index contributed by atoms with van der Waals surface area (Å²) in [6, 6.07) is 5.38. The van der Waals surface area contributed by atoms with E-state index in [-0.39, 0.29) is 12.2 Å². The molecule has 1 atom stereocenters. The third-order valence-electron chi connectivity index (χ3n) is 2.34. The molecule has 3 N–H and O–H groups in total. The molecule has 1 aromatic rings. The average Bonchev–Trinajstić information content (AvgIpc) is 2.39. The molecule has 18 heavy (non-hydrogen) atoms. The predicted molar refractivity (Wildman–Crippen MR) is 62.8 cm³/mol. The van der Waals surface area contributed by atoms with Crippen LogP contribution in [0.25, 0.3) is 0 Å². The molecule has 0 aliphatic carbocycles. The van der Waals surface area contributed by atoms with Crippen molar-refractivity contribution in [2.45, 2.75) is 12.5 Å². The number of aliphatic hydroxyl groups excluding tert-OH is 1. The Morgan fingerprint density at radius 1 is 1.33 bits per heavy atom. The van der Waals surface area contributed by atoms with Crippen molar-refractivity contribution in [2.24, 2.45) is 0 Å². The van der Waals surface area contributed by atoms with Crippen LogP contribution in [0.1, 0.15) is 5.56 Å². The molecule has 0 fully saturated rings. The minimum absolute atomic E-state index is 0.118. The number of carbonyl (C=O) groups is 2. The summed E-state index contributed by atoms with van der Waals surface area (Å²) in [7, 11) is 1.22. The molecule has 6 heteroatoms. The number of aliphatic hydroxyl groups is 1. The Morgan fingerprint density at radius 3 is 2.44 bits per heavy atom. The number of rotatable bonds is 5. The molecule has 1 unspecified atom stereocenters. The van der Waals surface area contributed by atoms with Crippen LogP contribution in [-0.4, -0.2) is 41.8 Å². The van der Waals surface area contributed by atoms with E-state index in [9.17, 15) is 9.59 Å². The molecule has 0 spiro atoms. The molecule has 0 aromatic heterocycles. The second-order valence-electron chi connectivity index (χ2n) is 3.67. The quantitative estimate of drug-likeness (QED) is 0.620. The molecule has 6 nitrogen and oxygen atoms in total. The van der Waals surface area contributed by atoms with Crippen molar-refractivity contribution >= 4 is 11.9 Å². The zero-order valence-electron chi connectivity index (χ0n) is 9.92. The van der Waals surface area contributed by atoms with Gasteiger partial charge in [0.1, 0.15) is 18.4 Å². The van der Waals surface area contributed by atoms with Gasteiger partial charge in [-0.2, -0.15) is 0 Å². The Bertz CT molecular complexity index is 415. The number of phenols is 1. The van der Waals surface area contributed by atoms with Crippen LogP contribution in [0.2, 0.25) is 0 Å². The number of amides is 1. The van der Waals surface area contributed by atoms with E-state index in [4.69, 9.17) is 10.2 Å². The van der Waals surface area contributed by atoms with Gasteiger partial charge in [0.25, 0.3) is 0 Å². The monoisotopic (exact) mass is 253 g/mol. The third kappa shape index (κ3) is 4.06. The smallest absolute Gasteiger partial charge is 0.328 e. The first-order valence-electron chi connectivity index (χ1n) is 5.32. The molecule has 0 heterocycles. The molecular weight excluding hydrogens is 238 g/mol. The number of aromatic hydroxyl groups is 1. The minimum atomic E-state index is -0.862. The average molecular weight is 253 g/mol. The predicted octanol–water partition coefficient (Wildman–Crippen LogP) is -0.415. The standard InChI is InChI=1S/C12H15NO5/c1-18-12(17)10(13-11(16)7-14)6-8-2-4-9(15)5-3-8/h2-5,10,14-15H,6-7H2,1H3,(H,13,16). The summed E-state index contributed by atoms with van der Waals surface area (Å²) in [5, 5.41) is 20.1. The summed E-state index contributed by atoms with van der Waals surface area (Å²) >= 11 is 0. The topological polar surface area (TPSA) is 95.9 Å². The highest BCUT2D eigenvalue weighted by molar-refractivity contribution is 5.85. The maximum Gasteiger partial charge on any atom is 0.328 e. The fourth-order valence-corrected chi connectivity index (χ4v) is 1.44. The molecule has 0 aliphatic rings. The first kappa shape index (κ1) is 14.0. The van der Waals surface area contributed by atoms with Crippen LogP contribution in [0.5, 0.6) is 5.75 Å². The highest BCUT2D eigenvalue weighted by Crippen LogP contribution is 2.11. The van der Waals surface area contributed by atoms with Crippen molar-refractivity contribution in [1.82, 2.24) is 5.32 Å². The second kappa shape index (κ2) is 6.61. The number of carbonyl (C=O) groups excluding carboxylic acids is 2. The van der Waals surface area contributed by atoms with Crippen molar-refractivity contribution in [3.05, 3.63) is 29.8 Å². The van der Waals surface area contributed by atoms with Gasteiger partial charge in [0.2, 0.25) is 5.91 Å². The number of ether oxygens (including phenoxy) is 1. The van der Waals surface area contributed by atoms with E-state index >= 15 is 0 Å². The summed E-state index contributed by atoms with van der Waals surface area (Å²) in [6.07, 6.45) is 0.221. The minimum Gasteiger partial charge on any atom is -0.508 e. The lowest BCUT2D eigenvalue weighted by atomic mass is 10.1.